The average Bonchev–Trinajstić information content (AvgIpc) is 3.70. The minimum atomic E-state index is -3.92. The maximum Gasteiger partial charge on any atom is 0.148 e. The third-order valence-corrected chi connectivity index (χ3v) is 10.1. The van der Waals surface area contributed by atoms with Crippen LogP contribution in [0.25, 0.3) is 72.7 Å². The van der Waals surface area contributed by atoms with E-state index in [4.69, 9.17) is 24.2 Å². The van der Waals surface area contributed by atoms with Gasteiger partial charge in [0, 0.05) is 59.2 Å². The molecule has 8 aromatic rings. The van der Waals surface area contributed by atoms with E-state index in [1.54, 1.807) is 12.1 Å². The van der Waals surface area contributed by atoms with Crippen molar-refractivity contribution >= 4 is 11.0 Å². The molecular formula is C54H52N3OPt-. The summed E-state index contributed by atoms with van der Waals surface area (Å²) in [5.74, 6) is 0.184. The van der Waals surface area contributed by atoms with Gasteiger partial charge in [-0.2, -0.15) is 0 Å². The van der Waals surface area contributed by atoms with Gasteiger partial charge in [-0.05, 0) is 62.8 Å². The topological polar surface area (TPSA) is 50.9 Å². The van der Waals surface area contributed by atoms with E-state index in [0.29, 0.717) is 22.3 Å². The fourth-order valence-electron chi connectivity index (χ4n) is 7.10. The first-order valence-corrected chi connectivity index (χ1v) is 18.9. The molecule has 6 aromatic carbocycles. The molecule has 5 heteroatoms. The maximum absolute atomic E-state index is 12.5. The van der Waals surface area contributed by atoms with Gasteiger partial charge in [-0.25, -0.2) is 4.98 Å². The molecule has 0 amide bonds. The molecule has 0 unspecified atom stereocenters. The summed E-state index contributed by atoms with van der Waals surface area (Å²) in [6.07, 6.45) is 1.19. The number of pyridine rings is 1. The van der Waals surface area contributed by atoms with Gasteiger partial charge in [0.05, 0.1) is 29.1 Å². The smallest absolute Gasteiger partial charge is 0.148 e. The Labute approximate surface area is 386 Å². The van der Waals surface area contributed by atoms with Crippen molar-refractivity contribution in [1.29, 1.82) is 0 Å². The standard InChI is InChI=1S/C54H52N3O.Pt/c1-52(2,3)40-30-38(29-39(31-40)46-32-37(27-28-55-46)35-19-12-10-13-20-35)43-24-18-26-48-49(43)56-51(44-33-41(53(4,5)6)34-45(50(44)58)54(7,8)9)57(48)47-25-17-16-23-42(47)36-21-14-11-15-22-36;/h10-28,30-34,58H,1-9H3;/q-1;/i1D3,2D3,3D3,10D,12D,13D,19D,20D,30D,31D;. The summed E-state index contributed by atoms with van der Waals surface area (Å²) in [7, 11) is 0. The van der Waals surface area contributed by atoms with Gasteiger partial charge in [-0.15, -0.1) is 29.3 Å². The molecule has 59 heavy (non-hydrogen) atoms. The number of phenolic OH excluding ortho intramolecular Hbond substituents is 1. The number of aromatic nitrogens is 3. The number of rotatable bonds is 6. The summed E-state index contributed by atoms with van der Waals surface area (Å²) in [5, 5.41) is 12.5. The van der Waals surface area contributed by atoms with Crippen LogP contribution in [0.4, 0.5) is 0 Å². The summed E-state index contributed by atoms with van der Waals surface area (Å²) < 4.78 is 142. The van der Waals surface area contributed by atoms with Crippen molar-refractivity contribution in [3.63, 3.8) is 0 Å². The van der Waals surface area contributed by atoms with Crippen LogP contribution in [0.5, 0.6) is 5.75 Å². The first-order chi connectivity index (χ1) is 34.2. The molecule has 2 aromatic heterocycles. The molecule has 0 spiro atoms. The zero-order chi connectivity index (χ0) is 54.6. The van der Waals surface area contributed by atoms with E-state index in [-0.39, 0.29) is 66.1 Å². The third kappa shape index (κ3) is 8.21. The molecule has 300 valence electrons. The van der Waals surface area contributed by atoms with Crippen LogP contribution < -0.4 is 0 Å². The minimum Gasteiger partial charge on any atom is -0.507 e. The number of benzene rings is 6. The van der Waals surface area contributed by atoms with E-state index in [1.807, 2.05) is 113 Å². The second-order valence-corrected chi connectivity index (χ2v) is 16.4. The van der Waals surface area contributed by atoms with Crippen LogP contribution in [-0.4, -0.2) is 19.6 Å². The summed E-state index contributed by atoms with van der Waals surface area (Å²) in [6.45, 7) is 0.315. The van der Waals surface area contributed by atoms with Gasteiger partial charge in [0.1, 0.15) is 11.6 Å². The van der Waals surface area contributed by atoms with E-state index in [1.165, 1.54) is 24.4 Å². The Bertz CT molecular complexity index is 3470. The third-order valence-electron chi connectivity index (χ3n) is 10.1. The second-order valence-electron chi connectivity index (χ2n) is 16.4. The number of hydrogen-bond acceptors (Lipinski definition) is 3. The maximum atomic E-state index is 12.5. The normalized spacial score (nSPS) is 16.6. The molecule has 0 bridgehead atoms. The summed E-state index contributed by atoms with van der Waals surface area (Å²) in [4.78, 5) is 9.71. The Morgan fingerprint density at radius 2 is 1.34 bits per heavy atom. The van der Waals surface area contributed by atoms with Crippen LogP contribution in [0, 0.1) is 6.07 Å². The number of fused-ring (bicyclic) bond motifs is 1. The van der Waals surface area contributed by atoms with Gasteiger partial charge in [0.2, 0.25) is 0 Å². The second kappa shape index (κ2) is 15.9. The van der Waals surface area contributed by atoms with Crippen molar-refractivity contribution in [2.24, 2.45) is 0 Å². The SMILES string of the molecule is [2H]c1c([2H])c([2H])c(-c2ccnc(-c3[c-]c(-c4cccc5c4nc(-c4cc(C(C)(C)C)cc(C(C)(C)C)c4O)n5-c4ccccc4-c4ccccc4)c([2H])c(C(C([2H])([2H])[2H])(C([2H])([2H])[2H])C([2H])([2H])[2H])c3[2H])c2)c([2H])c1[2H].[Pt]. The van der Waals surface area contributed by atoms with Crippen molar-refractivity contribution in [3.05, 3.63) is 168 Å². The zero-order valence-electron chi connectivity index (χ0n) is 49.4. The molecule has 0 atom stereocenters. The van der Waals surface area contributed by atoms with E-state index < -0.39 is 90.2 Å². The van der Waals surface area contributed by atoms with Gasteiger partial charge < -0.3 is 5.11 Å². The zero-order valence-corrected chi connectivity index (χ0v) is 35.7. The van der Waals surface area contributed by atoms with Crippen molar-refractivity contribution in [1.82, 2.24) is 14.5 Å². The van der Waals surface area contributed by atoms with Crippen molar-refractivity contribution in [2.75, 3.05) is 0 Å². The first kappa shape index (κ1) is 25.8. The van der Waals surface area contributed by atoms with Crippen LogP contribution in [0.3, 0.4) is 0 Å². The van der Waals surface area contributed by atoms with Gasteiger partial charge in [0.25, 0.3) is 0 Å². The van der Waals surface area contributed by atoms with Crippen molar-refractivity contribution in [3.8, 4) is 67.5 Å². The first-order valence-electron chi connectivity index (χ1n) is 26.9. The molecule has 0 aliphatic heterocycles. The monoisotopic (exact) mass is 969 g/mol. The minimum absolute atomic E-state index is 0. The molecule has 4 nitrogen and oxygen atoms in total. The number of nitrogens with zero attached hydrogens (tertiary/aromatic N) is 3. The number of imidazole rings is 1. The Balaban J connectivity index is 0.00000820. The number of aromatic hydroxyl groups is 1. The molecule has 2 heterocycles. The summed E-state index contributed by atoms with van der Waals surface area (Å²) in [6, 6.07) is 26.4. The Kier molecular flexibility index (Phi) is 6.95. The summed E-state index contributed by atoms with van der Waals surface area (Å²) in [5.41, 5.74) is -2.76. The molecule has 0 aliphatic rings. The van der Waals surface area contributed by atoms with Crippen LogP contribution in [0.1, 0.15) is 101 Å². The fourth-order valence-corrected chi connectivity index (χ4v) is 7.10. The van der Waals surface area contributed by atoms with Gasteiger partial charge >= 0.3 is 0 Å². The Morgan fingerprint density at radius 3 is 2.05 bits per heavy atom. The predicted molar refractivity (Wildman–Crippen MR) is 243 cm³/mol. The number of phenols is 1. The van der Waals surface area contributed by atoms with Crippen molar-refractivity contribution < 1.29 is 48.1 Å². The van der Waals surface area contributed by atoms with Gasteiger partial charge in [-0.3, -0.25) is 9.55 Å². The van der Waals surface area contributed by atoms with Gasteiger partial charge in [0.15, 0.2) is 0 Å². The Morgan fingerprint density at radius 1 is 0.644 bits per heavy atom. The van der Waals surface area contributed by atoms with E-state index in [0.717, 1.165) is 16.7 Å². The van der Waals surface area contributed by atoms with E-state index >= 15 is 0 Å². The van der Waals surface area contributed by atoms with Gasteiger partial charge in [-0.1, -0.05) is 176 Å². The predicted octanol–water partition coefficient (Wildman–Crippen LogP) is 14.2. The molecular weight excluding hydrogens is 902 g/mol. The average molecular weight is 970 g/mol. The van der Waals surface area contributed by atoms with E-state index in [2.05, 4.69) is 11.1 Å². The fraction of sp³-hybridized carbons (Fsp3) is 0.222. The van der Waals surface area contributed by atoms with Crippen LogP contribution in [0.2, 0.25) is 0 Å². The molecule has 0 saturated carbocycles. The number of para-hydroxylation sites is 2. The quantitative estimate of drug-likeness (QED) is 0.169. The largest absolute Gasteiger partial charge is 0.507 e. The molecule has 0 aliphatic carbocycles. The molecule has 1 N–H and O–H groups in total. The Hall–Kier alpha value is -5.57. The van der Waals surface area contributed by atoms with Crippen molar-refractivity contribution in [2.45, 2.75) is 78.3 Å². The molecule has 0 fully saturated rings. The number of hydrogen-bond donors (Lipinski definition) is 1. The van der Waals surface area contributed by atoms with Crippen LogP contribution in [-0.2, 0) is 37.3 Å². The van der Waals surface area contributed by atoms with E-state index in [9.17, 15) is 7.85 Å². The van der Waals surface area contributed by atoms with Crippen LogP contribution in [0.15, 0.2) is 146 Å². The summed E-state index contributed by atoms with van der Waals surface area (Å²) >= 11 is 0. The molecule has 0 saturated heterocycles. The van der Waals surface area contributed by atoms with Crippen LogP contribution >= 0.6 is 0 Å². The molecule has 0 radical (unpaired) electrons. The molecule has 8 rings (SSSR count).